The molecule has 138 valence electrons. The van der Waals surface area contributed by atoms with Crippen LogP contribution >= 0.6 is 0 Å². The van der Waals surface area contributed by atoms with Crippen molar-refractivity contribution in [3.05, 3.63) is 24.0 Å². The zero-order valence-electron chi connectivity index (χ0n) is 13.8. The maximum absolute atomic E-state index is 12.6. The number of nitrogens with one attached hydrogen (secondary N) is 1. The van der Waals surface area contributed by atoms with Crippen molar-refractivity contribution in [2.24, 2.45) is 17.6 Å². The van der Waals surface area contributed by atoms with E-state index in [2.05, 4.69) is 10.3 Å². The van der Waals surface area contributed by atoms with Crippen molar-refractivity contribution >= 4 is 5.91 Å². The second kappa shape index (κ2) is 7.19. The van der Waals surface area contributed by atoms with Crippen LogP contribution in [0.5, 0.6) is 5.75 Å². The first-order valence-electron chi connectivity index (χ1n) is 8.54. The fourth-order valence-electron chi connectivity index (χ4n) is 4.08. The molecule has 1 amide bonds. The number of hydrogen-bond acceptors (Lipinski definition) is 4. The van der Waals surface area contributed by atoms with Crippen LogP contribution in [-0.4, -0.2) is 35.8 Å². The first-order valence-corrected chi connectivity index (χ1v) is 8.54. The SMILES string of the molecule is NC1CC2CCCC(C1)C2NC(=O)c1ncccc1OCC(F)(F)F. The molecule has 2 unspecified atom stereocenters. The molecule has 0 saturated heterocycles. The highest BCUT2D eigenvalue weighted by Gasteiger charge is 2.40. The van der Waals surface area contributed by atoms with Gasteiger partial charge in [0.25, 0.3) is 5.91 Å². The number of ether oxygens (including phenoxy) is 1. The highest BCUT2D eigenvalue weighted by Crippen LogP contribution is 2.39. The average Bonchev–Trinajstić information content (AvgIpc) is 2.53. The number of hydrogen-bond donors (Lipinski definition) is 2. The molecule has 0 radical (unpaired) electrons. The van der Waals surface area contributed by atoms with Crippen molar-refractivity contribution in [3.63, 3.8) is 0 Å². The molecule has 3 rings (SSSR count). The third-order valence-corrected chi connectivity index (χ3v) is 5.05. The number of fused-ring (bicyclic) bond motifs is 2. The number of nitrogens with zero attached hydrogens (tertiary/aromatic N) is 1. The van der Waals surface area contributed by atoms with Crippen LogP contribution in [0.1, 0.15) is 42.6 Å². The van der Waals surface area contributed by atoms with Crippen molar-refractivity contribution in [3.8, 4) is 5.75 Å². The highest BCUT2D eigenvalue weighted by molar-refractivity contribution is 5.95. The van der Waals surface area contributed by atoms with E-state index in [1.54, 1.807) is 0 Å². The minimum absolute atomic E-state index is 0.00137. The van der Waals surface area contributed by atoms with E-state index in [1.165, 1.54) is 18.3 Å². The number of halogens is 3. The number of alkyl halides is 3. The Morgan fingerprint density at radius 1 is 1.32 bits per heavy atom. The summed E-state index contributed by atoms with van der Waals surface area (Å²) in [5, 5.41) is 2.98. The molecule has 0 aliphatic heterocycles. The topological polar surface area (TPSA) is 77.2 Å². The molecule has 2 saturated carbocycles. The van der Waals surface area contributed by atoms with Crippen LogP contribution < -0.4 is 15.8 Å². The minimum atomic E-state index is -4.47. The zero-order valence-corrected chi connectivity index (χ0v) is 13.8. The van der Waals surface area contributed by atoms with E-state index < -0.39 is 18.7 Å². The van der Waals surface area contributed by atoms with Gasteiger partial charge in [-0.3, -0.25) is 4.79 Å². The van der Waals surface area contributed by atoms with Gasteiger partial charge < -0.3 is 15.8 Å². The number of carbonyl (C=O) groups is 1. The lowest BCUT2D eigenvalue weighted by Gasteiger charge is -2.45. The molecule has 2 aliphatic carbocycles. The Morgan fingerprint density at radius 2 is 2.00 bits per heavy atom. The summed E-state index contributed by atoms with van der Waals surface area (Å²) in [5.74, 6) is -0.0189. The molecule has 2 aliphatic rings. The smallest absolute Gasteiger partial charge is 0.422 e. The number of rotatable bonds is 4. The number of aromatic nitrogens is 1. The van der Waals surface area contributed by atoms with Gasteiger partial charge in [-0.15, -0.1) is 0 Å². The van der Waals surface area contributed by atoms with E-state index in [9.17, 15) is 18.0 Å². The van der Waals surface area contributed by atoms with Gasteiger partial charge in [-0.25, -0.2) is 4.98 Å². The van der Waals surface area contributed by atoms with Gasteiger partial charge in [0.1, 0.15) is 0 Å². The Bertz CT molecular complexity index is 609. The molecule has 8 heteroatoms. The summed E-state index contributed by atoms with van der Waals surface area (Å²) >= 11 is 0. The molecular formula is C17H22F3N3O2. The molecular weight excluding hydrogens is 335 g/mol. The van der Waals surface area contributed by atoms with Gasteiger partial charge in [0.05, 0.1) is 0 Å². The number of amides is 1. The van der Waals surface area contributed by atoms with Crippen LogP contribution in [0.4, 0.5) is 13.2 Å². The maximum Gasteiger partial charge on any atom is 0.422 e. The quantitative estimate of drug-likeness (QED) is 0.869. The summed E-state index contributed by atoms with van der Waals surface area (Å²) in [6, 6.07) is 2.92. The minimum Gasteiger partial charge on any atom is -0.482 e. The molecule has 0 spiro atoms. The molecule has 1 aromatic heterocycles. The Kier molecular flexibility index (Phi) is 5.17. The van der Waals surface area contributed by atoms with Gasteiger partial charge in [0.2, 0.25) is 0 Å². The lowest BCUT2D eigenvalue weighted by atomic mass is 9.67. The first-order chi connectivity index (χ1) is 11.8. The highest BCUT2D eigenvalue weighted by atomic mass is 19.4. The summed E-state index contributed by atoms with van der Waals surface area (Å²) in [4.78, 5) is 16.5. The Hall–Kier alpha value is -1.83. The third kappa shape index (κ3) is 4.42. The van der Waals surface area contributed by atoms with E-state index in [-0.39, 0.29) is 23.5 Å². The summed E-state index contributed by atoms with van der Waals surface area (Å²) in [5.41, 5.74) is 5.97. The summed E-state index contributed by atoms with van der Waals surface area (Å²) in [7, 11) is 0. The predicted octanol–water partition coefficient (Wildman–Crippen LogP) is 2.66. The molecule has 2 atom stereocenters. The lowest BCUT2D eigenvalue weighted by Crippen LogP contribution is -2.53. The van der Waals surface area contributed by atoms with Crippen LogP contribution in [0.2, 0.25) is 0 Å². The summed E-state index contributed by atoms with van der Waals surface area (Å²) < 4.78 is 41.9. The van der Waals surface area contributed by atoms with Gasteiger partial charge in [0.15, 0.2) is 18.1 Å². The largest absolute Gasteiger partial charge is 0.482 e. The molecule has 2 fully saturated rings. The molecule has 5 nitrogen and oxygen atoms in total. The fraction of sp³-hybridized carbons (Fsp3) is 0.647. The van der Waals surface area contributed by atoms with Crippen LogP contribution in [0.25, 0.3) is 0 Å². The second-order valence-electron chi connectivity index (χ2n) is 6.94. The molecule has 1 aromatic rings. The van der Waals surface area contributed by atoms with E-state index in [4.69, 9.17) is 10.5 Å². The van der Waals surface area contributed by atoms with Crippen LogP contribution in [0.15, 0.2) is 18.3 Å². The third-order valence-electron chi connectivity index (χ3n) is 5.05. The zero-order chi connectivity index (χ0) is 18.0. The van der Waals surface area contributed by atoms with Gasteiger partial charge in [-0.05, 0) is 49.7 Å². The average molecular weight is 357 g/mol. The second-order valence-corrected chi connectivity index (χ2v) is 6.94. The van der Waals surface area contributed by atoms with E-state index in [0.29, 0.717) is 11.8 Å². The maximum atomic E-state index is 12.6. The van der Waals surface area contributed by atoms with Crippen LogP contribution in [0.3, 0.4) is 0 Å². The van der Waals surface area contributed by atoms with E-state index >= 15 is 0 Å². The van der Waals surface area contributed by atoms with Gasteiger partial charge in [0, 0.05) is 18.3 Å². The van der Waals surface area contributed by atoms with Crippen molar-refractivity contribution in [2.45, 2.75) is 50.4 Å². The predicted molar refractivity (Wildman–Crippen MR) is 85.1 cm³/mol. The van der Waals surface area contributed by atoms with Crippen molar-refractivity contribution in [1.82, 2.24) is 10.3 Å². The standard InChI is InChI=1S/C17H22F3N3O2/c18-17(19,20)9-25-13-5-2-6-22-15(13)16(24)23-14-10-3-1-4-11(14)8-12(21)7-10/h2,5-6,10-12,14H,1,3-4,7-9,21H2,(H,23,24). The molecule has 3 N–H and O–H groups in total. The Morgan fingerprint density at radius 3 is 2.64 bits per heavy atom. The molecule has 2 bridgehead atoms. The number of nitrogens with two attached hydrogens (primary N) is 1. The van der Waals surface area contributed by atoms with Gasteiger partial charge in [-0.2, -0.15) is 13.2 Å². The lowest BCUT2D eigenvalue weighted by molar-refractivity contribution is -0.153. The Labute approximate surface area is 144 Å². The van der Waals surface area contributed by atoms with E-state index in [0.717, 1.165) is 32.1 Å². The van der Waals surface area contributed by atoms with Gasteiger partial charge in [-0.1, -0.05) is 6.42 Å². The summed E-state index contributed by atoms with van der Waals surface area (Å²) in [6.07, 6.45) is 1.76. The summed E-state index contributed by atoms with van der Waals surface area (Å²) in [6.45, 7) is -1.46. The number of carbonyl (C=O) groups excluding carboxylic acids is 1. The monoisotopic (exact) mass is 357 g/mol. The normalized spacial score (nSPS) is 29.1. The van der Waals surface area contributed by atoms with E-state index in [1.807, 2.05) is 0 Å². The van der Waals surface area contributed by atoms with Crippen LogP contribution in [0, 0.1) is 11.8 Å². The van der Waals surface area contributed by atoms with Crippen molar-refractivity contribution in [1.29, 1.82) is 0 Å². The van der Waals surface area contributed by atoms with Crippen LogP contribution in [-0.2, 0) is 0 Å². The van der Waals surface area contributed by atoms with Crippen molar-refractivity contribution < 1.29 is 22.7 Å². The first kappa shape index (κ1) is 18.0. The molecule has 1 heterocycles. The molecule has 0 aromatic carbocycles. The Balaban J connectivity index is 1.71. The van der Waals surface area contributed by atoms with Gasteiger partial charge >= 0.3 is 6.18 Å². The fourth-order valence-corrected chi connectivity index (χ4v) is 4.08. The van der Waals surface area contributed by atoms with Crippen molar-refractivity contribution in [2.75, 3.05) is 6.61 Å². The molecule has 25 heavy (non-hydrogen) atoms. The number of pyridine rings is 1.